The molecule has 0 aromatic heterocycles. The molecule has 0 radical (unpaired) electrons. The van der Waals surface area contributed by atoms with Crippen molar-refractivity contribution < 1.29 is 9.53 Å². The van der Waals surface area contributed by atoms with Gasteiger partial charge in [-0.2, -0.15) is 0 Å². The van der Waals surface area contributed by atoms with Crippen LogP contribution in [0.1, 0.15) is 44.2 Å². The number of carbonyl (C=O) groups is 1. The van der Waals surface area contributed by atoms with Crippen LogP contribution in [0.25, 0.3) is 0 Å². The highest BCUT2D eigenvalue weighted by Gasteiger charge is 2.27. The van der Waals surface area contributed by atoms with Crippen molar-refractivity contribution in [1.82, 2.24) is 4.90 Å². The van der Waals surface area contributed by atoms with Gasteiger partial charge in [-0.05, 0) is 81.1 Å². The predicted molar refractivity (Wildman–Crippen MR) is 118 cm³/mol. The summed E-state index contributed by atoms with van der Waals surface area (Å²) < 4.78 is 5.54. The van der Waals surface area contributed by atoms with Gasteiger partial charge < -0.3 is 15.0 Å². The average molecular weight is 394 g/mol. The highest BCUT2D eigenvalue weighted by atomic mass is 16.5. The molecule has 1 atom stereocenters. The van der Waals surface area contributed by atoms with Gasteiger partial charge in [-0.3, -0.25) is 9.69 Å². The first kappa shape index (κ1) is 19.8. The Morgan fingerprint density at radius 1 is 1.00 bits per heavy atom. The van der Waals surface area contributed by atoms with Gasteiger partial charge in [0.1, 0.15) is 5.75 Å². The van der Waals surface area contributed by atoms with E-state index in [1.54, 1.807) is 0 Å². The van der Waals surface area contributed by atoms with Crippen LogP contribution in [-0.4, -0.2) is 43.6 Å². The topological polar surface area (TPSA) is 44.8 Å². The van der Waals surface area contributed by atoms with Crippen LogP contribution in [0.2, 0.25) is 0 Å². The Morgan fingerprint density at radius 2 is 1.72 bits per heavy atom. The van der Waals surface area contributed by atoms with Gasteiger partial charge in [-0.25, -0.2) is 0 Å². The fourth-order valence-corrected chi connectivity index (χ4v) is 4.46. The minimum absolute atomic E-state index is 0.0526. The highest BCUT2D eigenvalue weighted by molar-refractivity contribution is 5.92. The number of hydrogen-bond acceptors (Lipinski definition) is 4. The van der Waals surface area contributed by atoms with E-state index in [1.165, 1.54) is 24.1 Å². The first-order valence-electron chi connectivity index (χ1n) is 10.8. The van der Waals surface area contributed by atoms with Gasteiger partial charge in [-0.1, -0.05) is 12.1 Å². The number of carbonyl (C=O) groups excluding carboxylic acids is 1. The maximum atomic E-state index is 12.6. The molecule has 5 nitrogen and oxygen atoms in total. The molecule has 2 aromatic carbocycles. The molecule has 2 aliphatic rings. The molecule has 5 heteroatoms. The SMILES string of the molecule is CCOc1ccc([C@H]2CCCN2CC(=O)Nc2ccc(N3CCCC3)cc2)cc1. The number of anilines is 2. The maximum absolute atomic E-state index is 12.6. The first-order valence-corrected chi connectivity index (χ1v) is 10.8. The lowest BCUT2D eigenvalue weighted by molar-refractivity contribution is -0.117. The van der Waals surface area contributed by atoms with E-state index in [0.717, 1.165) is 43.9 Å². The van der Waals surface area contributed by atoms with E-state index in [4.69, 9.17) is 4.74 Å². The van der Waals surface area contributed by atoms with Gasteiger partial charge >= 0.3 is 0 Å². The van der Waals surface area contributed by atoms with E-state index in [9.17, 15) is 4.79 Å². The van der Waals surface area contributed by atoms with E-state index in [0.29, 0.717) is 19.2 Å². The van der Waals surface area contributed by atoms with Crippen LogP contribution in [0.4, 0.5) is 11.4 Å². The van der Waals surface area contributed by atoms with E-state index >= 15 is 0 Å². The van der Waals surface area contributed by atoms with Crippen molar-refractivity contribution in [1.29, 1.82) is 0 Å². The first-order chi connectivity index (χ1) is 14.2. The quantitative estimate of drug-likeness (QED) is 0.754. The monoisotopic (exact) mass is 393 g/mol. The standard InChI is InChI=1S/C24H31N3O2/c1-2-29-22-13-7-19(8-14-22)23-6-5-17-27(23)18-24(28)25-20-9-11-21(12-10-20)26-15-3-4-16-26/h7-14,23H,2-6,15-18H2,1H3,(H,25,28)/t23-/m1/s1. The summed E-state index contributed by atoms with van der Waals surface area (Å²) in [5.74, 6) is 0.952. The minimum atomic E-state index is 0.0526. The Kier molecular flexibility index (Phi) is 6.35. The van der Waals surface area contributed by atoms with Crippen LogP contribution in [0.5, 0.6) is 5.75 Å². The van der Waals surface area contributed by atoms with Crippen LogP contribution in [0.15, 0.2) is 48.5 Å². The average Bonchev–Trinajstić information content (AvgIpc) is 3.42. The lowest BCUT2D eigenvalue weighted by Crippen LogP contribution is -2.32. The molecule has 0 aliphatic carbocycles. The third kappa shape index (κ3) is 4.91. The smallest absolute Gasteiger partial charge is 0.238 e. The number of amides is 1. The second-order valence-corrected chi connectivity index (χ2v) is 7.92. The number of likely N-dealkylation sites (tertiary alicyclic amines) is 1. The van der Waals surface area contributed by atoms with E-state index in [1.807, 2.05) is 31.2 Å². The van der Waals surface area contributed by atoms with Crippen molar-refractivity contribution >= 4 is 17.3 Å². The number of benzene rings is 2. The summed E-state index contributed by atoms with van der Waals surface area (Å²) in [6.07, 6.45) is 4.75. The fourth-order valence-electron chi connectivity index (χ4n) is 4.46. The number of rotatable bonds is 7. The van der Waals surface area contributed by atoms with Crippen molar-refractivity contribution in [2.75, 3.05) is 43.0 Å². The van der Waals surface area contributed by atoms with Crippen molar-refractivity contribution in [3.8, 4) is 5.75 Å². The molecule has 2 fully saturated rings. The number of nitrogens with one attached hydrogen (secondary N) is 1. The largest absolute Gasteiger partial charge is 0.494 e. The molecule has 2 aliphatic heterocycles. The Bertz CT molecular complexity index is 798. The predicted octanol–water partition coefficient (Wildman–Crippen LogP) is 4.46. The third-order valence-corrected chi connectivity index (χ3v) is 5.91. The van der Waals surface area contributed by atoms with Crippen LogP contribution in [-0.2, 0) is 4.79 Å². The zero-order chi connectivity index (χ0) is 20.1. The molecular weight excluding hydrogens is 362 g/mol. The van der Waals surface area contributed by atoms with Gasteiger partial charge in [0.2, 0.25) is 5.91 Å². The van der Waals surface area contributed by atoms with Gasteiger partial charge in [0, 0.05) is 30.5 Å². The van der Waals surface area contributed by atoms with Crippen molar-refractivity contribution in [3.63, 3.8) is 0 Å². The van der Waals surface area contributed by atoms with Crippen LogP contribution < -0.4 is 15.0 Å². The second kappa shape index (κ2) is 9.31. The molecule has 1 amide bonds. The molecule has 0 saturated carbocycles. The summed E-state index contributed by atoms with van der Waals surface area (Å²) in [5, 5.41) is 3.07. The molecule has 4 rings (SSSR count). The second-order valence-electron chi connectivity index (χ2n) is 7.92. The highest BCUT2D eigenvalue weighted by Crippen LogP contribution is 2.32. The Balaban J connectivity index is 1.33. The van der Waals surface area contributed by atoms with Gasteiger partial charge in [0.15, 0.2) is 0 Å². The number of nitrogens with zero attached hydrogens (tertiary/aromatic N) is 2. The molecule has 1 N–H and O–H groups in total. The molecule has 0 bridgehead atoms. The van der Waals surface area contributed by atoms with Crippen molar-refractivity contribution in [2.24, 2.45) is 0 Å². The number of ether oxygens (including phenoxy) is 1. The molecule has 2 aromatic rings. The molecule has 2 heterocycles. The van der Waals surface area contributed by atoms with Crippen LogP contribution >= 0.6 is 0 Å². The summed E-state index contributed by atoms with van der Waals surface area (Å²) in [7, 11) is 0. The molecule has 2 saturated heterocycles. The fraction of sp³-hybridized carbons (Fsp3) is 0.458. The molecule has 0 unspecified atom stereocenters. The van der Waals surface area contributed by atoms with Gasteiger partial charge in [0.25, 0.3) is 0 Å². The zero-order valence-electron chi connectivity index (χ0n) is 17.3. The Labute approximate surface area is 173 Å². The Hall–Kier alpha value is -2.53. The van der Waals surface area contributed by atoms with Crippen molar-refractivity contribution in [2.45, 2.75) is 38.6 Å². The van der Waals surface area contributed by atoms with E-state index in [-0.39, 0.29) is 5.91 Å². The summed E-state index contributed by atoms with van der Waals surface area (Å²) in [5.41, 5.74) is 3.37. The minimum Gasteiger partial charge on any atom is -0.494 e. The lowest BCUT2D eigenvalue weighted by atomic mass is 10.0. The zero-order valence-corrected chi connectivity index (χ0v) is 17.3. The van der Waals surface area contributed by atoms with Crippen LogP contribution in [0.3, 0.4) is 0 Å². The van der Waals surface area contributed by atoms with Crippen molar-refractivity contribution in [3.05, 3.63) is 54.1 Å². The summed E-state index contributed by atoms with van der Waals surface area (Å²) in [4.78, 5) is 17.3. The summed E-state index contributed by atoms with van der Waals surface area (Å²) in [6, 6.07) is 16.9. The molecule has 29 heavy (non-hydrogen) atoms. The summed E-state index contributed by atoms with van der Waals surface area (Å²) >= 11 is 0. The summed E-state index contributed by atoms with van der Waals surface area (Å²) in [6.45, 7) is 6.31. The van der Waals surface area contributed by atoms with Gasteiger partial charge in [0.05, 0.1) is 13.2 Å². The third-order valence-electron chi connectivity index (χ3n) is 5.91. The molecular formula is C24H31N3O2. The lowest BCUT2D eigenvalue weighted by Gasteiger charge is -2.24. The maximum Gasteiger partial charge on any atom is 0.238 e. The molecule has 0 spiro atoms. The van der Waals surface area contributed by atoms with Gasteiger partial charge in [-0.15, -0.1) is 0 Å². The van der Waals surface area contributed by atoms with E-state index < -0.39 is 0 Å². The normalized spacial score (nSPS) is 19.5. The number of hydrogen-bond donors (Lipinski definition) is 1. The van der Waals surface area contributed by atoms with E-state index in [2.05, 4.69) is 39.4 Å². The Morgan fingerprint density at radius 3 is 2.41 bits per heavy atom. The molecule has 154 valence electrons. The van der Waals surface area contributed by atoms with Crippen LogP contribution in [0, 0.1) is 0 Å².